The molecule has 0 radical (unpaired) electrons. The summed E-state index contributed by atoms with van der Waals surface area (Å²) in [7, 11) is 0. The Labute approximate surface area is 170 Å². The molecule has 29 heavy (non-hydrogen) atoms. The van der Waals surface area contributed by atoms with Crippen LogP contribution < -0.4 is 5.32 Å². The van der Waals surface area contributed by atoms with Gasteiger partial charge in [-0.25, -0.2) is 0 Å². The molecule has 2 aliphatic rings. The summed E-state index contributed by atoms with van der Waals surface area (Å²) in [6, 6.07) is 5.68. The average molecular weight is 400 g/mol. The van der Waals surface area contributed by atoms with E-state index in [9.17, 15) is 19.2 Å². The van der Waals surface area contributed by atoms with Crippen molar-refractivity contribution in [3.05, 3.63) is 29.3 Å². The van der Waals surface area contributed by atoms with E-state index < -0.39 is 18.0 Å². The van der Waals surface area contributed by atoms with E-state index >= 15 is 0 Å². The van der Waals surface area contributed by atoms with Crippen molar-refractivity contribution in [2.75, 3.05) is 11.9 Å². The standard InChI is InChI=1S/C22H28N2O5/c1-13-7-6-8-14(2)19(13)23-20(26)15(3)29-18(25)11-12-24-21(27)16-9-4-5-10-17(16)22(24)28/h6-8,15-17H,4-5,9-12H2,1-3H3,(H,23,26)/t15-,16+,17+/m1/s1. The number of imide groups is 1. The second kappa shape index (κ2) is 8.76. The van der Waals surface area contributed by atoms with E-state index in [2.05, 4.69) is 5.32 Å². The van der Waals surface area contributed by atoms with Crippen LogP contribution in [0.1, 0.15) is 50.2 Å². The van der Waals surface area contributed by atoms with Crippen LogP contribution in [-0.4, -0.2) is 41.2 Å². The summed E-state index contributed by atoms with van der Waals surface area (Å²) in [5.41, 5.74) is 2.55. The van der Waals surface area contributed by atoms with Gasteiger partial charge in [0.25, 0.3) is 5.91 Å². The first-order valence-electron chi connectivity index (χ1n) is 10.2. The first-order valence-corrected chi connectivity index (χ1v) is 10.2. The molecule has 7 heteroatoms. The number of rotatable bonds is 6. The van der Waals surface area contributed by atoms with Gasteiger partial charge in [-0.05, 0) is 44.7 Å². The highest BCUT2D eigenvalue weighted by Gasteiger charge is 2.47. The molecule has 1 heterocycles. The van der Waals surface area contributed by atoms with Crippen molar-refractivity contribution in [3.63, 3.8) is 0 Å². The minimum Gasteiger partial charge on any atom is -0.452 e. The molecule has 0 aromatic heterocycles. The number of hydrogen-bond donors (Lipinski definition) is 1. The Morgan fingerprint density at radius 1 is 1.10 bits per heavy atom. The summed E-state index contributed by atoms with van der Waals surface area (Å²) in [4.78, 5) is 50.7. The zero-order chi connectivity index (χ0) is 21.1. The Morgan fingerprint density at radius 3 is 2.21 bits per heavy atom. The molecule has 1 saturated carbocycles. The lowest BCUT2D eigenvalue weighted by atomic mass is 9.81. The van der Waals surface area contributed by atoms with E-state index in [-0.39, 0.29) is 36.6 Å². The summed E-state index contributed by atoms with van der Waals surface area (Å²) in [5.74, 6) is -1.83. The quantitative estimate of drug-likeness (QED) is 0.585. The van der Waals surface area contributed by atoms with Gasteiger partial charge in [0, 0.05) is 12.2 Å². The minimum atomic E-state index is -0.978. The summed E-state index contributed by atoms with van der Waals surface area (Å²) in [6.07, 6.45) is 2.32. The molecule has 0 bridgehead atoms. The zero-order valence-electron chi connectivity index (χ0n) is 17.2. The van der Waals surface area contributed by atoms with Crippen molar-refractivity contribution in [2.24, 2.45) is 11.8 Å². The number of anilines is 1. The maximum absolute atomic E-state index is 12.4. The van der Waals surface area contributed by atoms with Crippen molar-refractivity contribution in [2.45, 2.75) is 59.0 Å². The zero-order valence-corrected chi connectivity index (χ0v) is 17.2. The van der Waals surface area contributed by atoms with Gasteiger partial charge in [0.05, 0.1) is 18.3 Å². The van der Waals surface area contributed by atoms with Crippen LogP contribution in [0, 0.1) is 25.7 Å². The van der Waals surface area contributed by atoms with Gasteiger partial charge in [-0.15, -0.1) is 0 Å². The topological polar surface area (TPSA) is 92.8 Å². The number of para-hydroxylation sites is 1. The molecule has 1 aromatic rings. The Bertz CT molecular complexity index is 790. The third-order valence-corrected chi connectivity index (χ3v) is 5.88. The summed E-state index contributed by atoms with van der Waals surface area (Å²) in [5, 5.41) is 2.79. The third-order valence-electron chi connectivity index (χ3n) is 5.88. The van der Waals surface area contributed by atoms with E-state index in [1.54, 1.807) is 0 Å². The fraction of sp³-hybridized carbons (Fsp3) is 0.545. The van der Waals surface area contributed by atoms with Crippen LogP contribution in [0.25, 0.3) is 0 Å². The number of nitrogens with one attached hydrogen (secondary N) is 1. The number of hydrogen-bond acceptors (Lipinski definition) is 5. The number of ether oxygens (including phenoxy) is 1. The number of esters is 1. The lowest BCUT2D eigenvalue weighted by Crippen LogP contribution is -2.35. The van der Waals surface area contributed by atoms with E-state index in [1.807, 2.05) is 32.0 Å². The number of amides is 3. The van der Waals surface area contributed by atoms with Crippen LogP contribution in [-0.2, 0) is 23.9 Å². The fourth-order valence-corrected chi connectivity index (χ4v) is 4.20. The first-order chi connectivity index (χ1) is 13.8. The Hall–Kier alpha value is -2.70. The van der Waals surface area contributed by atoms with Crippen LogP contribution in [0.5, 0.6) is 0 Å². The normalized spacial score (nSPS) is 22.2. The second-order valence-corrected chi connectivity index (χ2v) is 7.96. The second-order valence-electron chi connectivity index (χ2n) is 7.96. The Balaban J connectivity index is 1.51. The molecular formula is C22H28N2O5. The molecule has 0 spiro atoms. The van der Waals surface area contributed by atoms with Gasteiger partial charge in [0.1, 0.15) is 0 Å². The minimum absolute atomic E-state index is 0.00867. The Kier molecular flexibility index (Phi) is 6.35. The van der Waals surface area contributed by atoms with Crippen molar-refractivity contribution in [1.29, 1.82) is 0 Å². The summed E-state index contributed by atoms with van der Waals surface area (Å²) < 4.78 is 5.21. The van der Waals surface area contributed by atoms with Crippen LogP contribution in [0.3, 0.4) is 0 Å². The predicted octanol–water partition coefficient (Wildman–Crippen LogP) is 2.74. The van der Waals surface area contributed by atoms with E-state index in [0.717, 1.165) is 36.8 Å². The molecule has 1 saturated heterocycles. The van der Waals surface area contributed by atoms with Crippen LogP contribution >= 0.6 is 0 Å². The van der Waals surface area contributed by atoms with E-state index in [0.29, 0.717) is 5.69 Å². The number of nitrogens with zero attached hydrogens (tertiary/aromatic N) is 1. The fourth-order valence-electron chi connectivity index (χ4n) is 4.20. The van der Waals surface area contributed by atoms with Gasteiger partial charge in [-0.1, -0.05) is 31.0 Å². The lowest BCUT2D eigenvalue weighted by molar-refractivity contribution is -0.154. The van der Waals surface area contributed by atoms with Crippen molar-refractivity contribution < 1.29 is 23.9 Å². The number of carbonyl (C=O) groups excluding carboxylic acids is 4. The van der Waals surface area contributed by atoms with Gasteiger partial charge in [-0.2, -0.15) is 0 Å². The number of aryl methyl sites for hydroxylation is 2. The molecule has 1 aromatic carbocycles. The molecule has 3 amide bonds. The van der Waals surface area contributed by atoms with E-state index in [1.165, 1.54) is 11.8 Å². The molecule has 1 aliphatic carbocycles. The SMILES string of the molecule is Cc1cccc(C)c1NC(=O)[C@@H](C)OC(=O)CCN1C(=O)[C@H]2CCCC[C@@H]2C1=O. The third kappa shape index (κ3) is 4.49. The van der Waals surface area contributed by atoms with Crippen molar-refractivity contribution in [3.8, 4) is 0 Å². The van der Waals surface area contributed by atoms with Gasteiger partial charge < -0.3 is 10.1 Å². The van der Waals surface area contributed by atoms with Gasteiger partial charge in [0.15, 0.2) is 6.10 Å². The number of benzene rings is 1. The van der Waals surface area contributed by atoms with Crippen LogP contribution in [0.15, 0.2) is 18.2 Å². The first kappa shape index (κ1) is 21.0. The number of fused-ring (bicyclic) bond motifs is 1. The van der Waals surface area contributed by atoms with Gasteiger partial charge in [0.2, 0.25) is 11.8 Å². The van der Waals surface area contributed by atoms with Crippen LogP contribution in [0.4, 0.5) is 5.69 Å². The lowest BCUT2D eigenvalue weighted by Gasteiger charge is -2.19. The summed E-state index contributed by atoms with van der Waals surface area (Å²) in [6.45, 7) is 5.29. The van der Waals surface area contributed by atoms with Crippen molar-refractivity contribution in [1.82, 2.24) is 4.90 Å². The van der Waals surface area contributed by atoms with Gasteiger partial charge >= 0.3 is 5.97 Å². The predicted molar refractivity (Wildman–Crippen MR) is 107 cm³/mol. The Morgan fingerprint density at radius 2 is 1.66 bits per heavy atom. The highest BCUT2D eigenvalue weighted by atomic mass is 16.5. The molecule has 156 valence electrons. The number of likely N-dealkylation sites (tertiary alicyclic amines) is 1. The molecule has 1 aliphatic heterocycles. The molecule has 3 atom stereocenters. The van der Waals surface area contributed by atoms with Gasteiger partial charge in [-0.3, -0.25) is 24.1 Å². The highest BCUT2D eigenvalue weighted by molar-refractivity contribution is 6.05. The molecule has 1 N–H and O–H groups in total. The van der Waals surface area contributed by atoms with E-state index in [4.69, 9.17) is 4.74 Å². The molecule has 7 nitrogen and oxygen atoms in total. The molecule has 2 fully saturated rings. The molecular weight excluding hydrogens is 372 g/mol. The average Bonchev–Trinajstić information content (AvgIpc) is 2.93. The maximum Gasteiger partial charge on any atom is 0.308 e. The highest BCUT2D eigenvalue weighted by Crippen LogP contribution is 2.38. The van der Waals surface area contributed by atoms with Crippen LogP contribution in [0.2, 0.25) is 0 Å². The maximum atomic E-state index is 12.4. The number of carbonyl (C=O) groups is 4. The molecule has 0 unspecified atom stereocenters. The largest absolute Gasteiger partial charge is 0.452 e. The van der Waals surface area contributed by atoms with Crippen molar-refractivity contribution >= 4 is 29.4 Å². The smallest absolute Gasteiger partial charge is 0.308 e. The summed E-state index contributed by atoms with van der Waals surface area (Å²) >= 11 is 0. The molecule has 3 rings (SSSR count). The monoisotopic (exact) mass is 400 g/mol.